The number of hydrogen-bond donors (Lipinski definition) is 2. The van der Waals surface area contributed by atoms with Crippen LogP contribution in [0.1, 0.15) is 23.7 Å². The summed E-state index contributed by atoms with van der Waals surface area (Å²) in [6.07, 6.45) is 0.331. The Balaban J connectivity index is 1.68. The Bertz CT molecular complexity index is 1090. The second kappa shape index (κ2) is 8.74. The van der Waals surface area contributed by atoms with Crippen LogP contribution < -0.4 is 15.7 Å². The Morgan fingerprint density at radius 3 is 2.45 bits per heavy atom. The van der Waals surface area contributed by atoms with Crippen molar-refractivity contribution in [3.63, 3.8) is 0 Å². The van der Waals surface area contributed by atoms with Crippen LogP contribution in [-0.4, -0.2) is 32.9 Å². The zero-order chi connectivity index (χ0) is 20.8. The molecule has 0 unspecified atom stereocenters. The molecule has 3 rings (SSSR count). The maximum Gasteiger partial charge on any atom is 0.274 e. The van der Waals surface area contributed by atoms with Gasteiger partial charge in [-0.25, -0.2) is 5.43 Å². The van der Waals surface area contributed by atoms with Gasteiger partial charge in [0, 0.05) is 18.6 Å². The molecule has 10 nitrogen and oxygen atoms in total. The summed E-state index contributed by atoms with van der Waals surface area (Å²) in [5, 5.41) is 22.7. The number of nitro groups is 1. The fourth-order valence-electron chi connectivity index (χ4n) is 2.49. The second-order valence-electron chi connectivity index (χ2n) is 6.09. The number of hydrazone groups is 1. The molecule has 29 heavy (non-hydrogen) atoms. The molecule has 0 aliphatic carbocycles. The van der Waals surface area contributed by atoms with E-state index in [2.05, 4.69) is 25.7 Å². The van der Waals surface area contributed by atoms with Crippen LogP contribution in [0.4, 0.5) is 11.6 Å². The van der Waals surface area contributed by atoms with Crippen molar-refractivity contribution in [2.45, 2.75) is 13.3 Å². The van der Waals surface area contributed by atoms with Crippen molar-refractivity contribution in [3.05, 3.63) is 85.8 Å². The number of aromatic amines is 1. The Kier molecular flexibility index (Phi) is 5.93. The van der Waals surface area contributed by atoms with Crippen LogP contribution in [0, 0.1) is 10.1 Å². The third kappa shape index (κ3) is 5.01. The van der Waals surface area contributed by atoms with Crippen LogP contribution >= 0.6 is 0 Å². The van der Waals surface area contributed by atoms with Crippen LogP contribution in [-0.2, 0) is 6.42 Å². The molecule has 0 aliphatic heterocycles. The number of nitro benzene ring substituents is 1. The monoisotopic (exact) mass is 394 g/mol. The number of hydrogen-bond acceptors (Lipinski definition) is 8. The average Bonchev–Trinajstić information content (AvgIpc) is 2.74. The molecule has 2 aromatic carbocycles. The van der Waals surface area contributed by atoms with E-state index >= 15 is 0 Å². The fraction of sp³-hybridized carbons (Fsp3) is 0.158. The average molecular weight is 394 g/mol. The highest BCUT2D eigenvalue weighted by molar-refractivity contribution is 5.99. The van der Waals surface area contributed by atoms with E-state index in [9.17, 15) is 14.9 Å². The van der Waals surface area contributed by atoms with Crippen LogP contribution in [0.3, 0.4) is 0 Å². The molecule has 1 aromatic heterocycles. The van der Waals surface area contributed by atoms with E-state index in [0.717, 1.165) is 11.3 Å². The molecule has 10 heteroatoms. The Hall–Kier alpha value is -4.08. The third-order valence-electron chi connectivity index (χ3n) is 4.12. The first-order valence-corrected chi connectivity index (χ1v) is 8.60. The Morgan fingerprint density at radius 2 is 1.86 bits per heavy atom. The first-order valence-electron chi connectivity index (χ1n) is 8.60. The summed E-state index contributed by atoms with van der Waals surface area (Å²) in [7, 11) is 1.59. The Morgan fingerprint density at radius 1 is 1.17 bits per heavy atom. The summed E-state index contributed by atoms with van der Waals surface area (Å²) in [5.41, 5.74) is 4.68. The first-order chi connectivity index (χ1) is 14.0. The first kappa shape index (κ1) is 19.7. The van der Waals surface area contributed by atoms with Gasteiger partial charge in [0.25, 0.3) is 11.2 Å². The van der Waals surface area contributed by atoms with E-state index in [1.807, 2.05) is 24.3 Å². The molecular formula is C19H18N6O4. The van der Waals surface area contributed by atoms with Crippen molar-refractivity contribution < 1.29 is 9.66 Å². The van der Waals surface area contributed by atoms with Gasteiger partial charge in [-0.2, -0.15) is 5.10 Å². The lowest BCUT2D eigenvalue weighted by Gasteiger charge is -2.04. The minimum Gasteiger partial charge on any atom is -0.497 e. The molecule has 148 valence electrons. The second-order valence-corrected chi connectivity index (χ2v) is 6.09. The van der Waals surface area contributed by atoms with E-state index < -0.39 is 4.92 Å². The molecule has 1 heterocycles. The summed E-state index contributed by atoms with van der Waals surface area (Å²) >= 11 is 0. The van der Waals surface area contributed by atoms with E-state index in [4.69, 9.17) is 4.74 Å². The van der Waals surface area contributed by atoms with Crippen LogP contribution in [0.2, 0.25) is 0 Å². The molecule has 0 radical (unpaired) electrons. The number of non-ortho nitro benzene ring substituents is 1. The van der Waals surface area contributed by atoms with Crippen molar-refractivity contribution in [1.29, 1.82) is 0 Å². The van der Waals surface area contributed by atoms with Crippen molar-refractivity contribution in [2.24, 2.45) is 5.10 Å². The van der Waals surface area contributed by atoms with Crippen molar-refractivity contribution in [2.75, 3.05) is 12.5 Å². The number of ether oxygens (including phenoxy) is 1. The van der Waals surface area contributed by atoms with Gasteiger partial charge < -0.3 is 4.74 Å². The maximum absolute atomic E-state index is 12.2. The van der Waals surface area contributed by atoms with Gasteiger partial charge in [-0.3, -0.25) is 19.9 Å². The molecule has 0 spiro atoms. The van der Waals surface area contributed by atoms with Gasteiger partial charge in [-0.15, -0.1) is 10.2 Å². The number of H-pyrrole nitrogens is 1. The lowest BCUT2D eigenvalue weighted by atomic mass is 10.1. The number of rotatable bonds is 7. The topological polar surface area (TPSA) is 135 Å². The number of aromatic nitrogens is 3. The molecule has 0 saturated heterocycles. The predicted molar refractivity (Wildman–Crippen MR) is 107 cm³/mol. The molecule has 2 N–H and O–H groups in total. The number of nitrogens with one attached hydrogen (secondary N) is 2. The van der Waals surface area contributed by atoms with E-state index in [1.54, 1.807) is 26.2 Å². The van der Waals surface area contributed by atoms with Gasteiger partial charge in [0.05, 0.1) is 17.7 Å². The summed E-state index contributed by atoms with van der Waals surface area (Å²) in [6.45, 7) is 1.72. The number of benzene rings is 2. The largest absolute Gasteiger partial charge is 0.497 e. The molecule has 0 saturated carbocycles. The van der Waals surface area contributed by atoms with Crippen molar-refractivity contribution in [3.8, 4) is 5.75 Å². The molecule has 0 fully saturated rings. The fourth-order valence-corrected chi connectivity index (χ4v) is 2.49. The molecule has 0 bridgehead atoms. The minimum absolute atomic E-state index is 0.00263. The van der Waals surface area contributed by atoms with E-state index in [1.165, 1.54) is 12.1 Å². The quantitative estimate of drug-likeness (QED) is 0.357. The van der Waals surface area contributed by atoms with Gasteiger partial charge in [-0.05, 0) is 42.3 Å². The molecule has 0 aliphatic rings. The van der Waals surface area contributed by atoms with Gasteiger partial charge in [0.2, 0.25) is 5.95 Å². The normalized spacial score (nSPS) is 11.2. The molecule has 0 atom stereocenters. The maximum atomic E-state index is 12.2. The van der Waals surface area contributed by atoms with E-state index in [0.29, 0.717) is 17.7 Å². The summed E-state index contributed by atoms with van der Waals surface area (Å²) in [4.78, 5) is 25.1. The van der Waals surface area contributed by atoms with Gasteiger partial charge in [0.15, 0.2) is 0 Å². The van der Waals surface area contributed by atoms with Crippen LogP contribution in [0.5, 0.6) is 5.75 Å². The molecule has 3 aromatic rings. The number of anilines is 1. The van der Waals surface area contributed by atoms with Gasteiger partial charge in [-0.1, -0.05) is 12.1 Å². The third-order valence-corrected chi connectivity index (χ3v) is 4.12. The standard InChI is InChI=1S/C19H18N6O4/c1-12(14-5-7-15(8-6-14)25(27)28)21-23-19-20-18(26)17(22-24-19)11-13-3-9-16(29-2)10-4-13/h3-10H,11H2,1-2H3,(H2,20,23,24,26). The highest BCUT2D eigenvalue weighted by Gasteiger charge is 2.08. The Labute approximate surface area is 165 Å². The van der Waals surface area contributed by atoms with Crippen LogP contribution in [0.25, 0.3) is 0 Å². The molecular weight excluding hydrogens is 376 g/mol. The van der Waals surface area contributed by atoms with E-state index in [-0.39, 0.29) is 22.9 Å². The van der Waals surface area contributed by atoms with Crippen molar-refractivity contribution in [1.82, 2.24) is 15.2 Å². The lowest BCUT2D eigenvalue weighted by Crippen LogP contribution is -2.19. The lowest BCUT2D eigenvalue weighted by molar-refractivity contribution is -0.384. The molecule has 0 amide bonds. The summed E-state index contributed by atoms with van der Waals surface area (Å²) in [5.74, 6) is 0.823. The minimum atomic E-state index is -0.470. The highest BCUT2D eigenvalue weighted by atomic mass is 16.6. The van der Waals surface area contributed by atoms with Gasteiger partial charge >= 0.3 is 0 Å². The van der Waals surface area contributed by atoms with Crippen molar-refractivity contribution >= 4 is 17.3 Å². The number of nitrogens with zero attached hydrogens (tertiary/aromatic N) is 4. The smallest absolute Gasteiger partial charge is 0.274 e. The SMILES string of the molecule is COc1ccc(Cc2nnc(NN=C(C)c3ccc([N+](=O)[O-])cc3)[nH]c2=O)cc1. The van der Waals surface area contributed by atoms with Gasteiger partial charge in [0.1, 0.15) is 11.4 Å². The summed E-state index contributed by atoms with van der Waals surface area (Å²) in [6, 6.07) is 13.3. The predicted octanol–water partition coefficient (Wildman–Crippen LogP) is 2.51. The highest BCUT2D eigenvalue weighted by Crippen LogP contribution is 2.14. The zero-order valence-corrected chi connectivity index (χ0v) is 15.7. The zero-order valence-electron chi connectivity index (χ0n) is 15.7. The van der Waals surface area contributed by atoms with Crippen LogP contribution in [0.15, 0.2) is 58.4 Å². The number of methoxy groups -OCH3 is 1. The summed E-state index contributed by atoms with van der Waals surface area (Å²) < 4.78 is 5.11.